The topological polar surface area (TPSA) is 74.1 Å². The van der Waals surface area contributed by atoms with Crippen LogP contribution in [0.4, 0.5) is 0 Å². The second-order valence-corrected chi connectivity index (χ2v) is 5.94. The number of nitrogens with zero attached hydrogens (tertiary/aromatic N) is 3. The van der Waals surface area contributed by atoms with Gasteiger partial charge in [-0.2, -0.15) is 4.98 Å². The molecule has 22 heavy (non-hydrogen) atoms. The van der Waals surface area contributed by atoms with Crippen LogP contribution in [0.3, 0.4) is 0 Å². The minimum atomic E-state index is -0.492. The van der Waals surface area contributed by atoms with Gasteiger partial charge in [0.1, 0.15) is 6.54 Å². The van der Waals surface area contributed by atoms with Gasteiger partial charge in [-0.25, -0.2) is 4.79 Å². The maximum Gasteiger partial charge on any atom is 0.420 e. The van der Waals surface area contributed by atoms with Crippen molar-refractivity contribution in [2.45, 2.75) is 6.54 Å². The molecule has 0 amide bonds. The Hall–Kier alpha value is -2.38. The van der Waals surface area contributed by atoms with Crippen molar-refractivity contribution in [3.63, 3.8) is 0 Å². The third-order valence-corrected chi connectivity index (χ3v) is 4.23. The summed E-state index contributed by atoms with van der Waals surface area (Å²) in [4.78, 5) is 17.2. The Morgan fingerprint density at radius 1 is 1.32 bits per heavy atom. The van der Waals surface area contributed by atoms with E-state index in [9.17, 15) is 4.79 Å². The summed E-state index contributed by atoms with van der Waals surface area (Å²) in [5, 5.41) is 6.36. The lowest BCUT2D eigenvalue weighted by Crippen LogP contribution is -2.15. The van der Waals surface area contributed by atoms with Crippen molar-refractivity contribution < 1.29 is 8.94 Å². The molecular weight excluding hydrogens is 326 g/mol. The van der Waals surface area contributed by atoms with Crippen molar-refractivity contribution in [1.29, 1.82) is 0 Å². The number of benzene rings is 1. The molecule has 110 valence electrons. The molecule has 0 unspecified atom stereocenters. The van der Waals surface area contributed by atoms with Gasteiger partial charge in [0.2, 0.25) is 11.7 Å². The lowest BCUT2D eigenvalue weighted by atomic mass is 10.3. The van der Waals surface area contributed by atoms with Gasteiger partial charge in [-0.1, -0.05) is 22.8 Å². The fourth-order valence-electron chi connectivity index (χ4n) is 2.15. The molecule has 3 aromatic heterocycles. The van der Waals surface area contributed by atoms with Gasteiger partial charge < -0.3 is 8.94 Å². The molecule has 1 aromatic carbocycles. The number of hydrogen-bond acceptors (Lipinski definition) is 6. The molecule has 0 saturated carbocycles. The fraction of sp³-hybridized carbons (Fsp3) is 0.0714. The van der Waals surface area contributed by atoms with Crippen LogP contribution in [0.15, 0.2) is 49.4 Å². The smallest absolute Gasteiger partial charge is 0.408 e. The van der Waals surface area contributed by atoms with Gasteiger partial charge in [0, 0.05) is 11.1 Å². The number of oxazole rings is 1. The largest absolute Gasteiger partial charge is 0.420 e. The van der Waals surface area contributed by atoms with Crippen LogP contribution in [-0.4, -0.2) is 14.7 Å². The van der Waals surface area contributed by atoms with Crippen molar-refractivity contribution in [2.75, 3.05) is 0 Å². The third-order valence-electron chi connectivity index (χ3n) is 3.13. The summed E-state index contributed by atoms with van der Waals surface area (Å²) in [6, 6.07) is 8.83. The Kier molecular flexibility index (Phi) is 3.09. The van der Waals surface area contributed by atoms with E-state index in [-0.39, 0.29) is 6.54 Å². The van der Waals surface area contributed by atoms with E-state index < -0.39 is 5.76 Å². The predicted molar refractivity (Wildman–Crippen MR) is 82.2 cm³/mol. The Balaban J connectivity index is 1.72. The molecule has 0 aliphatic heterocycles. The summed E-state index contributed by atoms with van der Waals surface area (Å²) in [6.07, 6.45) is 0. The van der Waals surface area contributed by atoms with E-state index in [1.165, 1.54) is 15.9 Å². The van der Waals surface area contributed by atoms with Crippen LogP contribution in [0.25, 0.3) is 21.8 Å². The maximum atomic E-state index is 12.0. The molecule has 0 saturated heterocycles. The average molecular weight is 334 g/mol. The Morgan fingerprint density at radius 3 is 3.05 bits per heavy atom. The first kappa shape index (κ1) is 13.3. The number of halogens is 1. The Labute approximate surface area is 132 Å². The van der Waals surface area contributed by atoms with E-state index in [1.54, 1.807) is 18.2 Å². The van der Waals surface area contributed by atoms with E-state index in [4.69, 9.17) is 20.5 Å². The lowest BCUT2D eigenvalue weighted by Gasteiger charge is -1.97. The highest BCUT2D eigenvalue weighted by Crippen LogP contribution is 2.22. The summed E-state index contributed by atoms with van der Waals surface area (Å²) < 4.78 is 11.8. The molecule has 0 atom stereocenters. The molecule has 0 fully saturated rings. The minimum Gasteiger partial charge on any atom is -0.408 e. The predicted octanol–water partition coefficient (Wildman–Crippen LogP) is 3.41. The molecular formula is C14H8ClN3O3S. The van der Waals surface area contributed by atoms with Crippen molar-refractivity contribution >= 4 is 34.0 Å². The van der Waals surface area contributed by atoms with Crippen molar-refractivity contribution in [3.8, 4) is 10.7 Å². The molecule has 4 rings (SSSR count). The summed E-state index contributed by atoms with van der Waals surface area (Å²) in [5.41, 5.74) is 1.06. The molecule has 0 N–H and O–H groups in total. The molecule has 0 aliphatic rings. The van der Waals surface area contributed by atoms with Crippen molar-refractivity contribution in [2.24, 2.45) is 0 Å². The third kappa shape index (κ3) is 2.24. The zero-order valence-electron chi connectivity index (χ0n) is 11.0. The first-order valence-electron chi connectivity index (χ1n) is 6.36. The number of thiophene rings is 1. The summed E-state index contributed by atoms with van der Waals surface area (Å²) >= 11 is 7.41. The molecule has 0 aliphatic carbocycles. The zero-order valence-corrected chi connectivity index (χ0v) is 12.6. The second-order valence-electron chi connectivity index (χ2n) is 4.56. The molecule has 0 spiro atoms. The van der Waals surface area contributed by atoms with Gasteiger partial charge in [0.15, 0.2) is 5.58 Å². The van der Waals surface area contributed by atoms with Crippen LogP contribution in [0, 0.1) is 0 Å². The number of rotatable bonds is 3. The summed E-state index contributed by atoms with van der Waals surface area (Å²) in [7, 11) is 0. The van der Waals surface area contributed by atoms with Crippen LogP contribution in [0.1, 0.15) is 5.89 Å². The van der Waals surface area contributed by atoms with Gasteiger partial charge in [0.05, 0.1) is 10.4 Å². The quantitative estimate of drug-likeness (QED) is 0.574. The molecule has 0 radical (unpaired) electrons. The Morgan fingerprint density at radius 2 is 2.23 bits per heavy atom. The van der Waals surface area contributed by atoms with Gasteiger partial charge >= 0.3 is 5.76 Å². The lowest BCUT2D eigenvalue weighted by molar-refractivity contribution is 0.367. The molecule has 0 bridgehead atoms. The number of fused-ring (bicyclic) bond motifs is 1. The maximum absolute atomic E-state index is 12.0. The van der Waals surface area contributed by atoms with Crippen LogP contribution in [0.5, 0.6) is 0 Å². The highest BCUT2D eigenvalue weighted by Gasteiger charge is 2.15. The highest BCUT2D eigenvalue weighted by atomic mass is 35.5. The highest BCUT2D eigenvalue weighted by molar-refractivity contribution is 7.13. The van der Waals surface area contributed by atoms with E-state index in [0.29, 0.717) is 27.8 Å². The first-order valence-corrected chi connectivity index (χ1v) is 7.62. The van der Waals surface area contributed by atoms with Gasteiger partial charge in [-0.3, -0.25) is 4.57 Å². The van der Waals surface area contributed by atoms with Crippen molar-refractivity contribution in [1.82, 2.24) is 14.7 Å². The molecule has 3 heterocycles. The molecule has 4 aromatic rings. The SMILES string of the molecule is O=c1oc2cc(Cl)ccc2n1Cc1nc(-c2cccs2)no1. The first-order chi connectivity index (χ1) is 10.7. The summed E-state index contributed by atoms with van der Waals surface area (Å²) in [6.45, 7) is 0.145. The monoisotopic (exact) mass is 333 g/mol. The van der Waals surface area contributed by atoms with Crippen LogP contribution in [-0.2, 0) is 6.54 Å². The van der Waals surface area contributed by atoms with Crippen LogP contribution < -0.4 is 5.76 Å². The molecule has 6 nitrogen and oxygen atoms in total. The van der Waals surface area contributed by atoms with E-state index >= 15 is 0 Å². The number of aromatic nitrogens is 3. The molecule has 8 heteroatoms. The van der Waals surface area contributed by atoms with Crippen LogP contribution >= 0.6 is 22.9 Å². The van der Waals surface area contributed by atoms with E-state index in [2.05, 4.69) is 10.1 Å². The van der Waals surface area contributed by atoms with E-state index in [1.807, 2.05) is 17.5 Å². The van der Waals surface area contributed by atoms with Crippen molar-refractivity contribution in [3.05, 3.63) is 57.2 Å². The van der Waals surface area contributed by atoms with Gasteiger partial charge in [-0.05, 0) is 23.6 Å². The van der Waals surface area contributed by atoms with E-state index in [0.717, 1.165) is 4.88 Å². The average Bonchev–Trinajstić information content (AvgIpc) is 3.20. The van der Waals surface area contributed by atoms with Gasteiger partial charge in [-0.15, -0.1) is 11.3 Å². The fourth-order valence-corrected chi connectivity index (χ4v) is 2.96. The minimum absolute atomic E-state index is 0.145. The van der Waals surface area contributed by atoms with Crippen LogP contribution in [0.2, 0.25) is 5.02 Å². The number of hydrogen-bond donors (Lipinski definition) is 0. The Bertz CT molecular complexity index is 1000. The standard InChI is InChI=1S/C14H8ClN3O3S/c15-8-3-4-9-10(6-8)20-14(19)18(9)7-12-16-13(17-21-12)11-2-1-5-22-11/h1-6H,7H2. The van der Waals surface area contributed by atoms with Gasteiger partial charge in [0.25, 0.3) is 0 Å². The normalized spacial score (nSPS) is 11.3. The summed E-state index contributed by atoms with van der Waals surface area (Å²) in [5.74, 6) is 0.352. The second kappa shape index (κ2) is 5.11. The zero-order chi connectivity index (χ0) is 15.1.